The summed E-state index contributed by atoms with van der Waals surface area (Å²) in [6.45, 7) is 2.63. The number of amides is 2. The molecule has 0 aliphatic carbocycles. The molecule has 0 saturated heterocycles. The van der Waals surface area contributed by atoms with Crippen LogP contribution in [0.4, 0.5) is 5.69 Å². The number of primary amides is 1. The van der Waals surface area contributed by atoms with Gasteiger partial charge >= 0.3 is 0 Å². The van der Waals surface area contributed by atoms with Crippen LogP contribution in [0.25, 0.3) is 11.4 Å². The Labute approximate surface area is 172 Å². The number of nitrogens with zero attached hydrogens (tertiary/aromatic N) is 3. The summed E-state index contributed by atoms with van der Waals surface area (Å²) in [5.74, 6) is 0.686. The normalized spacial score (nSPS) is 10.6. The second-order valence-corrected chi connectivity index (χ2v) is 6.97. The Hall–Kier alpha value is -3.33. The van der Waals surface area contributed by atoms with Gasteiger partial charge in [0.1, 0.15) is 5.75 Å². The van der Waals surface area contributed by atoms with Crippen molar-refractivity contribution in [2.45, 2.75) is 18.6 Å². The van der Waals surface area contributed by atoms with Gasteiger partial charge in [-0.15, -0.1) is 10.2 Å². The van der Waals surface area contributed by atoms with Crippen LogP contribution in [0.2, 0.25) is 0 Å². The Bertz CT molecular complexity index is 1030. The molecule has 29 heavy (non-hydrogen) atoms. The smallest absolute Gasteiger partial charge is 0.250 e. The number of methoxy groups -OCH3 is 1. The summed E-state index contributed by atoms with van der Waals surface area (Å²) >= 11 is 1.27. The molecule has 0 bridgehead atoms. The van der Waals surface area contributed by atoms with Crippen molar-refractivity contribution >= 4 is 29.3 Å². The topological polar surface area (TPSA) is 112 Å². The molecule has 0 saturated carbocycles. The second kappa shape index (κ2) is 9.24. The fourth-order valence-electron chi connectivity index (χ4n) is 2.78. The Balaban J connectivity index is 1.72. The molecule has 0 spiro atoms. The number of anilines is 1. The number of nitrogens with one attached hydrogen (secondary N) is 1. The van der Waals surface area contributed by atoms with Crippen LogP contribution in [0, 0.1) is 0 Å². The number of para-hydroxylation sites is 1. The highest BCUT2D eigenvalue weighted by atomic mass is 32.2. The Morgan fingerprint density at radius 1 is 1.17 bits per heavy atom. The first-order valence-electron chi connectivity index (χ1n) is 8.92. The van der Waals surface area contributed by atoms with Crippen molar-refractivity contribution in [3.63, 3.8) is 0 Å². The number of nitrogens with two attached hydrogens (primary N) is 1. The Morgan fingerprint density at radius 2 is 1.97 bits per heavy atom. The van der Waals surface area contributed by atoms with E-state index in [9.17, 15) is 9.59 Å². The molecular formula is C20H21N5O3S. The van der Waals surface area contributed by atoms with Crippen LogP contribution in [0.3, 0.4) is 0 Å². The lowest BCUT2D eigenvalue weighted by Crippen LogP contribution is -2.19. The maximum atomic E-state index is 12.4. The van der Waals surface area contributed by atoms with Crippen molar-refractivity contribution < 1.29 is 14.3 Å². The van der Waals surface area contributed by atoms with Crippen LogP contribution in [0.5, 0.6) is 5.75 Å². The average molecular weight is 411 g/mol. The first-order valence-corrected chi connectivity index (χ1v) is 9.91. The molecule has 2 aromatic carbocycles. The molecule has 3 rings (SSSR count). The molecule has 0 unspecified atom stereocenters. The minimum atomic E-state index is -0.595. The molecule has 1 aromatic heterocycles. The average Bonchev–Trinajstić information content (AvgIpc) is 3.15. The number of ether oxygens (including phenoxy) is 1. The van der Waals surface area contributed by atoms with Crippen molar-refractivity contribution in [3.05, 3.63) is 54.1 Å². The fraction of sp³-hybridized carbons (Fsp3) is 0.200. The summed E-state index contributed by atoms with van der Waals surface area (Å²) in [6, 6.07) is 14.2. The maximum Gasteiger partial charge on any atom is 0.250 e. The molecule has 0 aliphatic heterocycles. The van der Waals surface area contributed by atoms with Crippen LogP contribution in [-0.4, -0.2) is 39.4 Å². The van der Waals surface area contributed by atoms with E-state index >= 15 is 0 Å². The molecule has 0 atom stereocenters. The van der Waals surface area contributed by atoms with Gasteiger partial charge in [0, 0.05) is 12.1 Å². The fourth-order valence-corrected chi connectivity index (χ4v) is 3.58. The van der Waals surface area contributed by atoms with Gasteiger partial charge in [-0.05, 0) is 31.2 Å². The first-order chi connectivity index (χ1) is 14.0. The van der Waals surface area contributed by atoms with E-state index in [1.54, 1.807) is 31.4 Å². The molecule has 8 nitrogen and oxygen atoms in total. The van der Waals surface area contributed by atoms with Gasteiger partial charge in [-0.25, -0.2) is 0 Å². The van der Waals surface area contributed by atoms with E-state index in [4.69, 9.17) is 10.5 Å². The molecule has 3 N–H and O–H groups in total. The van der Waals surface area contributed by atoms with E-state index in [-0.39, 0.29) is 17.2 Å². The predicted molar refractivity (Wildman–Crippen MR) is 112 cm³/mol. The number of hydrogen-bond acceptors (Lipinski definition) is 6. The predicted octanol–water partition coefficient (Wildman–Crippen LogP) is 2.80. The minimum absolute atomic E-state index is 0.114. The highest BCUT2D eigenvalue weighted by Gasteiger charge is 2.16. The van der Waals surface area contributed by atoms with E-state index in [1.165, 1.54) is 11.8 Å². The number of hydrogen-bond donors (Lipinski definition) is 2. The highest BCUT2D eigenvalue weighted by Crippen LogP contribution is 2.26. The maximum absolute atomic E-state index is 12.4. The number of rotatable bonds is 8. The zero-order valence-electron chi connectivity index (χ0n) is 16.1. The second-order valence-electron chi connectivity index (χ2n) is 6.03. The summed E-state index contributed by atoms with van der Waals surface area (Å²) in [4.78, 5) is 23.8. The van der Waals surface area contributed by atoms with Crippen molar-refractivity contribution in [2.24, 2.45) is 5.73 Å². The quantitative estimate of drug-likeness (QED) is 0.551. The highest BCUT2D eigenvalue weighted by molar-refractivity contribution is 7.99. The third kappa shape index (κ3) is 4.75. The summed E-state index contributed by atoms with van der Waals surface area (Å²) in [5, 5.41) is 11.8. The van der Waals surface area contributed by atoms with Crippen LogP contribution < -0.4 is 15.8 Å². The van der Waals surface area contributed by atoms with Crippen molar-refractivity contribution in [3.8, 4) is 17.1 Å². The molecule has 9 heteroatoms. The van der Waals surface area contributed by atoms with Gasteiger partial charge in [-0.1, -0.05) is 36.0 Å². The Kier molecular flexibility index (Phi) is 6.50. The molecule has 2 amide bonds. The van der Waals surface area contributed by atoms with Crippen LogP contribution in [0.1, 0.15) is 17.3 Å². The number of benzene rings is 2. The van der Waals surface area contributed by atoms with Crippen molar-refractivity contribution in [1.82, 2.24) is 14.8 Å². The summed E-state index contributed by atoms with van der Waals surface area (Å²) in [6.07, 6.45) is 0. The molecule has 0 radical (unpaired) electrons. The summed E-state index contributed by atoms with van der Waals surface area (Å²) in [7, 11) is 1.61. The minimum Gasteiger partial charge on any atom is -0.497 e. The molecule has 0 aliphatic rings. The zero-order chi connectivity index (χ0) is 20.8. The summed E-state index contributed by atoms with van der Waals surface area (Å²) < 4.78 is 7.20. The monoisotopic (exact) mass is 411 g/mol. The van der Waals surface area contributed by atoms with Gasteiger partial charge in [0.25, 0.3) is 5.91 Å². The SMILES string of the molecule is CCn1c(SCC(=O)Nc2ccccc2C(N)=O)nnc1-c1cccc(OC)c1. The summed E-state index contributed by atoms with van der Waals surface area (Å²) in [5.41, 5.74) is 6.88. The Morgan fingerprint density at radius 3 is 2.69 bits per heavy atom. The lowest BCUT2D eigenvalue weighted by Gasteiger charge is -2.10. The van der Waals surface area contributed by atoms with Gasteiger partial charge in [-0.2, -0.15) is 0 Å². The van der Waals surface area contributed by atoms with Crippen LogP contribution in [-0.2, 0) is 11.3 Å². The third-order valence-electron chi connectivity index (χ3n) is 4.16. The van der Waals surface area contributed by atoms with Gasteiger partial charge in [0.15, 0.2) is 11.0 Å². The lowest BCUT2D eigenvalue weighted by atomic mass is 10.1. The van der Waals surface area contributed by atoms with Crippen molar-refractivity contribution in [2.75, 3.05) is 18.2 Å². The molecule has 3 aromatic rings. The molecule has 0 fully saturated rings. The van der Waals surface area contributed by atoms with Gasteiger partial charge in [0.05, 0.1) is 24.1 Å². The van der Waals surface area contributed by atoms with E-state index in [0.29, 0.717) is 23.2 Å². The van der Waals surface area contributed by atoms with Crippen LogP contribution >= 0.6 is 11.8 Å². The van der Waals surface area contributed by atoms with E-state index in [1.807, 2.05) is 35.8 Å². The molecule has 1 heterocycles. The van der Waals surface area contributed by atoms with E-state index in [2.05, 4.69) is 15.5 Å². The number of carbonyl (C=O) groups excluding carboxylic acids is 2. The first kappa shape index (κ1) is 20.4. The van der Waals surface area contributed by atoms with E-state index in [0.717, 1.165) is 11.3 Å². The van der Waals surface area contributed by atoms with Crippen molar-refractivity contribution in [1.29, 1.82) is 0 Å². The van der Waals surface area contributed by atoms with Gasteiger partial charge < -0.3 is 20.4 Å². The number of carbonyl (C=O) groups is 2. The van der Waals surface area contributed by atoms with Crippen LogP contribution in [0.15, 0.2) is 53.7 Å². The van der Waals surface area contributed by atoms with Gasteiger partial charge in [-0.3, -0.25) is 9.59 Å². The van der Waals surface area contributed by atoms with E-state index < -0.39 is 5.91 Å². The third-order valence-corrected chi connectivity index (χ3v) is 5.13. The standard InChI is InChI=1S/C20H21N5O3S/c1-3-25-19(13-7-6-8-14(11-13)28-2)23-24-20(25)29-12-17(26)22-16-10-5-4-9-15(16)18(21)27/h4-11H,3,12H2,1-2H3,(H2,21,27)(H,22,26). The van der Waals surface area contributed by atoms with Gasteiger partial charge in [0.2, 0.25) is 5.91 Å². The largest absolute Gasteiger partial charge is 0.497 e. The molecular weight excluding hydrogens is 390 g/mol. The number of thioether (sulfide) groups is 1. The molecule has 150 valence electrons. The lowest BCUT2D eigenvalue weighted by molar-refractivity contribution is -0.113. The zero-order valence-corrected chi connectivity index (χ0v) is 16.9. The number of aromatic nitrogens is 3.